The highest BCUT2D eigenvalue weighted by molar-refractivity contribution is 5.94. The number of ether oxygens (including phenoxy) is 1. The van der Waals surface area contributed by atoms with Gasteiger partial charge in [-0.2, -0.15) is 0 Å². The second-order valence-electron chi connectivity index (χ2n) is 5.01. The summed E-state index contributed by atoms with van der Waals surface area (Å²) in [4.78, 5) is 15.2. The van der Waals surface area contributed by atoms with E-state index in [2.05, 4.69) is 4.98 Å². The summed E-state index contributed by atoms with van der Waals surface area (Å²) < 4.78 is 18.2. The molecule has 3 nitrogen and oxygen atoms in total. The van der Waals surface area contributed by atoms with Crippen LogP contribution in [0.4, 0.5) is 4.39 Å². The number of H-pyrrole nitrogens is 1. The SMILES string of the molecule is CCOC(=O)Cc1c(-c2ccc(F)cc2)[nH]c2ccccc12. The number of halogens is 1. The molecule has 2 aromatic carbocycles. The Morgan fingerprint density at radius 1 is 1.14 bits per heavy atom. The number of aromatic nitrogens is 1. The highest BCUT2D eigenvalue weighted by Crippen LogP contribution is 2.31. The van der Waals surface area contributed by atoms with Gasteiger partial charge in [0.05, 0.1) is 18.7 Å². The quantitative estimate of drug-likeness (QED) is 0.737. The number of hydrogen-bond acceptors (Lipinski definition) is 2. The van der Waals surface area contributed by atoms with Crippen molar-refractivity contribution in [3.63, 3.8) is 0 Å². The monoisotopic (exact) mass is 297 g/mol. The van der Waals surface area contributed by atoms with E-state index >= 15 is 0 Å². The summed E-state index contributed by atoms with van der Waals surface area (Å²) in [5.41, 5.74) is 3.49. The summed E-state index contributed by atoms with van der Waals surface area (Å²) in [6, 6.07) is 14.0. The molecule has 0 amide bonds. The van der Waals surface area contributed by atoms with Crippen LogP contribution in [-0.2, 0) is 16.0 Å². The van der Waals surface area contributed by atoms with Gasteiger partial charge < -0.3 is 9.72 Å². The number of nitrogens with one attached hydrogen (secondary N) is 1. The molecule has 1 N–H and O–H groups in total. The van der Waals surface area contributed by atoms with Crippen molar-refractivity contribution in [1.82, 2.24) is 4.98 Å². The molecule has 0 bridgehead atoms. The lowest BCUT2D eigenvalue weighted by Crippen LogP contribution is -2.07. The van der Waals surface area contributed by atoms with E-state index in [0.29, 0.717) is 6.61 Å². The van der Waals surface area contributed by atoms with Gasteiger partial charge in [0.1, 0.15) is 5.82 Å². The molecule has 0 fully saturated rings. The molecule has 0 aliphatic rings. The maximum Gasteiger partial charge on any atom is 0.310 e. The van der Waals surface area contributed by atoms with E-state index in [1.54, 1.807) is 19.1 Å². The highest BCUT2D eigenvalue weighted by atomic mass is 19.1. The van der Waals surface area contributed by atoms with Gasteiger partial charge in [0.15, 0.2) is 0 Å². The fraction of sp³-hybridized carbons (Fsp3) is 0.167. The summed E-state index contributed by atoms with van der Waals surface area (Å²) in [6.45, 7) is 2.14. The van der Waals surface area contributed by atoms with Gasteiger partial charge in [-0.25, -0.2) is 4.39 Å². The van der Waals surface area contributed by atoms with E-state index in [1.807, 2.05) is 24.3 Å². The van der Waals surface area contributed by atoms with E-state index in [1.165, 1.54) is 12.1 Å². The topological polar surface area (TPSA) is 42.1 Å². The number of rotatable bonds is 4. The van der Waals surface area contributed by atoms with Gasteiger partial charge in [-0.3, -0.25) is 4.79 Å². The van der Waals surface area contributed by atoms with Crippen LogP contribution in [0.25, 0.3) is 22.2 Å². The van der Waals surface area contributed by atoms with E-state index in [-0.39, 0.29) is 18.2 Å². The number of aromatic amines is 1. The van der Waals surface area contributed by atoms with Crippen molar-refractivity contribution in [1.29, 1.82) is 0 Å². The van der Waals surface area contributed by atoms with Crippen molar-refractivity contribution < 1.29 is 13.9 Å². The maximum absolute atomic E-state index is 13.1. The predicted octanol–water partition coefficient (Wildman–Crippen LogP) is 4.08. The third-order valence-corrected chi connectivity index (χ3v) is 3.57. The first-order valence-electron chi connectivity index (χ1n) is 7.20. The zero-order chi connectivity index (χ0) is 15.5. The van der Waals surface area contributed by atoms with Gasteiger partial charge in [-0.15, -0.1) is 0 Å². The van der Waals surface area contributed by atoms with Crippen molar-refractivity contribution in [2.75, 3.05) is 6.61 Å². The van der Waals surface area contributed by atoms with Gasteiger partial charge in [-0.1, -0.05) is 18.2 Å². The highest BCUT2D eigenvalue weighted by Gasteiger charge is 2.16. The first-order chi connectivity index (χ1) is 10.7. The number of benzene rings is 2. The average Bonchev–Trinajstić information content (AvgIpc) is 2.87. The second-order valence-corrected chi connectivity index (χ2v) is 5.01. The summed E-state index contributed by atoms with van der Waals surface area (Å²) in [6.07, 6.45) is 0.185. The number of fused-ring (bicyclic) bond motifs is 1. The molecular formula is C18H16FNO2. The molecule has 112 valence electrons. The lowest BCUT2D eigenvalue weighted by atomic mass is 10.0. The zero-order valence-corrected chi connectivity index (χ0v) is 12.2. The number of para-hydroxylation sites is 1. The Kier molecular flexibility index (Phi) is 3.92. The Bertz CT molecular complexity index is 806. The molecule has 4 heteroatoms. The number of hydrogen-bond donors (Lipinski definition) is 1. The van der Waals surface area contributed by atoms with Crippen molar-refractivity contribution >= 4 is 16.9 Å². The molecule has 0 aliphatic heterocycles. The molecule has 0 aliphatic carbocycles. The van der Waals surface area contributed by atoms with Crippen LogP contribution in [0, 0.1) is 5.82 Å². The van der Waals surface area contributed by atoms with Crippen molar-refractivity contribution in [3.8, 4) is 11.3 Å². The summed E-state index contributed by atoms with van der Waals surface area (Å²) in [7, 11) is 0. The minimum absolute atomic E-state index is 0.185. The molecule has 1 aromatic heterocycles. The standard InChI is InChI=1S/C18H16FNO2/c1-2-22-17(21)11-15-14-5-3-4-6-16(14)20-18(15)12-7-9-13(19)10-8-12/h3-10,20H,2,11H2,1H3. The molecule has 0 spiro atoms. The second kappa shape index (κ2) is 6.02. The molecule has 0 atom stereocenters. The van der Waals surface area contributed by atoms with Gasteiger partial charge in [0.25, 0.3) is 0 Å². The van der Waals surface area contributed by atoms with E-state index in [0.717, 1.165) is 27.7 Å². The fourth-order valence-corrected chi connectivity index (χ4v) is 2.60. The Morgan fingerprint density at radius 3 is 2.59 bits per heavy atom. The van der Waals surface area contributed by atoms with E-state index in [9.17, 15) is 9.18 Å². The Hall–Kier alpha value is -2.62. The number of esters is 1. The van der Waals surface area contributed by atoms with Crippen LogP contribution in [0.2, 0.25) is 0 Å². The van der Waals surface area contributed by atoms with Crippen LogP contribution in [0.3, 0.4) is 0 Å². The molecule has 0 radical (unpaired) electrons. The first-order valence-corrected chi connectivity index (χ1v) is 7.20. The predicted molar refractivity (Wildman–Crippen MR) is 84.0 cm³/mol. The Labute approximate surface area is 127 Å². The fourth-order valence-electron chi connectivity index (χ4n) is 2.60. The van der Waals surface area contributed by atoms with Crippen LogP contribution in [-0.4, -0.2) is 17.6 Å². The molecule has 0 unspecified atom stereocenters. The van der Waals surface area contributed by atoms with Crippen LogP contribution >= 0.6 is 0 Å². The van der Waals surface area contributed by atoms with Gasteiger partial charge in [0, 0.05) is 10.9 Å². The van der Waals surface area contributed by atoms with Gasteiger partial charge in [0.2, 0.25) is 0 Å². The molecule has 22 heavy (non-hydrogen) atoms. The van der Waals surface area contributed by atoms with Crippen LogP contribution in [0.15, 0.2) is 48.5 Å². The van der Waals surface area contributed by atoms with Crippen LogP contribution < -0.4 is 0 Å². The maximum atomic E-state index is 13.1. The summed E-state index contributed by atoms with van der Waals surface area (Å²) in [5, 5.41) is 0.981. The Balaban J connectivity index is 2.11. The third-order valence-electron chi connectivity index (χ3n) is 3.57. The minimum atomic E-state index is -0.285. The lowest BCUT2D eigenvalue weighted by Gasteiger charge is -2.05. The largest absolute Gasteiger partial charge is 0.466 e. The van der Waals surface area contributed by atoms with E-state index < -0.39 is 0 Å². The van der Waals surface area contributed by atoms with Crippen LogP contribution in [0.5, 0.6) is 0 Å². The molecule has 0 saturated carbocycles. The van der Waals surface area contributed by atoms with Gasteiger partial charge >= 0.3 is 5.97 Å². The Morgan fingerprint density at radius 2 is 1.86 bits per heavy atom. The van der Waals surface area contributed by atoms with Crippen molar-refractivity contribution in [3.05, 3.63) is 59.9 Å². The normalized spacial score (nSPS) is 10.8. The molecule has 0 saturated heterocycles. The molecule has 1 heterocycles. The average molecular weight is 297 g/mol. The summed E-state index contributed by atoms with van der Waals surface area (Å²) in [5.74, 6) is -0.553. The summed E-state index contributed by atoms with van der Waals surface area (Å²) >= 11 is 0. The number of carbonyl (C=O) groups excluding carboxylic acids is 1. The molecular weight excluding hydrogens is 281 g/mol. The van der Waals surface area contributed by atoms with Gasteiger partial charge in [-0.05, 0) is 48.4 Å². The van der Waals surface area contributed by atoms with Crippen molar-refractivity contribution in [2.45, 2.75) is 13.3 Å². The zero-order valence-electron chi connectivity index (χ0n) is 12.2. The molecule has 3 rings (SSSR count). The number of carbonyl (C=O) groups is 1. The van der Waals surface area contributed by atoms with E-state index in [4.69, 9.17) is 4.74 Å². The lowest BCUT2D eigenvalue weighted by molar-refractivity contribution is -0.142. The smallest absolute Gasteiger partial charge is 0.310 e. The van der Waals surface area contributed by atoms with Crippen molar-refractivity contribution in [2.24, 2.45) is 0 Å². The first kappa shape index (κ1) is 14.3. The third kappa shape index (κ3) is 2.72. The minimum Gasteiger partial charge on any atom is -0.466 e. The van der Waals surface area contributed by atoms with Crippen LogP contribution in [0.1, 0.15) is 12.5 Å². The molecule has 3 aromatic rings.